The molecule has 2 fully saturated rings. The number of non-ortho nitro benzene ring substituents is 1. The van der Waals surface area contributed by atoms with Gasteiger partial charge in [0.15, 0.2) is 0 Å². The van der Waals surface area contributed by atoms with Crippen LogP contribution in [0.15, 0.2) is 36.5 Å². The maximum absolute atomic E-state index is 11.0. The number of likely N-dealkylation sites (N-methyl/N-ethyl adjacent to an activating group) is 1. The first-order valence-corrected chi connectivity index (χ1v) is 9.94. The van der Waals surface area contributed by atoms with Crippen molar-refractivity contribution in [1.29, 1.82) is 0 Å². The minimum absolute atomic E-state index is 0.145. The zero-order valence-corrected chi connectivity index (χ0v) is 16.6. The number of nitro benzene ring substituents is 1. The molecule has 0 amide bonds. The molecule has 2 aliphatic rings. The van der Waals surface area contributed by atoms with Crippen LogP contribution in [0.1, 0.15) is 12.0 Å². The Bertz CT molecular complexity index is 858. The summed E-state index contributed by atoms with van der Waals surface area (Å²) in [5.74, 6) is 1.67. The van der Waals surface area contributed by atoms with Gasteiger partial charge in [-0.2, -0.15) is 4.98 Å². The summed E-state index contributed by atoms with van der Waals surface area (Å²) in [5.41, 5.74) is 1.12. The summed E-state index contributed by atoms with van der Waals surface area (Å²) in [4.78, 5) is 26.6. The van der Waals surface area contributed by atoms with Crippen LogP contribution in [0.25, 0.3) is 0 Å². The van der Waals surface area contributed by atoms with Crippen molar-refractivity contribution >= 4 is 17.5 Å². The van der Waals surface area contributed by atoms with Crippen LogP contribution in [0.2, 0.25) is 0 Å². The molecule has 2 saturated heterocycles. The van der Waals surface area contributed by atoms with Gasteiger partial charge in [0.05, 0.1) is 18.1 Å². The molecule has 0 N–H and O–H groups in total. The molecule has 154 valence electrons. The smallest absolute Gasteiger partial charge is 0.269 e. The van der Waals surface area contributed by atoms with E-state index >= 15 is 0 Å². The van der Waals surface area contributed by atoms with E-state index in [2.05, 4.69) is 26.7 Å². The van der Waals surface area contributed by atoms with Crippen molar-refractivity contribution in [3.05, 3.63) is 52.2 Å². The molecular formula is C20H26N6O3. The van der Waals surface area contributed by atoms with Crippen LogP contribution in [0.4, 0.5) is 17.5 Å². The molecule has 0 spiro atoms. The molecule has 0 aliphatic carbocycles. The second kappa shape index (κ2) is 8.71. The van der Waals surface area contributed by atoms with E-state index in [9.17, 15) is 10.1 Å². The minimum Gasteiger partial charge on any atom is -0.378 e. The van der Waals surface area contributed by atoms with Gasteiger partial charge in [-0.3, -0.25) is 15.0 Å². The number of hydrogen-bond acceptors (Lipinski definition) is 8. The summed E-state index contributed by atoms with van der Waals surface area (Å²) in [6.07, 6.45) is 2.85. The van der Waals surface area contributed by atoms with E-state index in [-0.39, 0.29) is 10.6 Å². The van der Waals surface area contributed by atoms with Crippen LogP contribution in [-0.4, -0.2) is 72.3 Å². The topological polar surface area (TPSA) is 87.9 Å². The molecule has 2 aliphatic heterocycles. The number of aromatic nitrogens is 2. The molecule has 1 unspecified atom stereocenters. The molecule has 9 heteroatoms. The second-order valence-electron chi connectivity index (χ2n) is 7.53. The normalized spacial score (nSPS) is 20.0. The number of ether oxygens (including phenoxy) is 1. The largest absolute Gasteiger partial charge is 0.378 e. The van der Waals surface area contributed by atoms with Crippen LogP contribution in [0.5, 0.6) is 0 Å². The van der Waals surface area contributed by atoms with Crippen LogP contribution in [-0.2, 0) is 11.3 Å². The lowest BCUT2D eigenvalue weighted by Gasteiger charge is -2.29. The fourth-order valence-electron chi connectivity index (χ4n) is 3.94. The highest BCUT2D eigenvalue weighted by Gasteiger charge is 2.27. The number of morpholine rings is 1. The number of benzene rings is 1. The maximum Gasteiger partial charge on any atom is 0.269 e. The van der Waals surface area contributed by atoms with Gasteiger partial charge in [0.2, 0.25) is 5.95 Å². The molecule has 1 aromatic heterocycles. The lowest BCUT2D eigenvalue weighted by atomic mass is 10.2. The number of nitro groups is 1. The molecule has 0 saturated carbocycles. The van der Waals surface area contributed by atoms with Crippen molar-refractivity contribution in [3.63, 3.8) is 0 Å². The number of anilines is 2. The maximum atomic E-state index is 11.0. The third-order valence-electron chi connectivity index (χ3n) is 5.61. The van der Waals surface area contributed by atoms with Gasteiger partial charge < -0.3 is 14.5 Å². The van der Waals surface area contributed by atoms with Gasteiger partial charge in [-0.15, -0.1) is 0 Å². The van der Waals surface area contributed by atoms with E-state index in [1.165, 1.54) is 6.07 Å². The van der Waals surface area contributed by atoms with E-state index in [1.54, 1.807) is 12.1 Å². The summed E-state index contributed by atoms with van der Waals surface area (Å²) >= 11 is 0. The average Bonchev–Trinajstić information content (AvgIpc) is 3.22. The lowest BCUT2D eigenvalue weighted by molar-refractivity contribution is -0.384. The van der Waals surface area contributed by atoms with Crippen LogP contribution in [0.3, 0.4) is 0 Å². The molecule has 0 bridgehead atoms. The molecule has 3 heterocycles. The predicted molar refractivity (Wildman–Crippen MR) is 110 cm³/mol. The fraction of sp³-hybridized carbons (Fsp3) is 0.500. The van der Waals surface area contributed by atoms with Gasteiger partial charge in [-0.1, -0.05) is 12.1 Å². The van der Waals surface area contributed by atoms with Crippen molar-refractivity contribution < 1.29 is 9.66 Å². The first-order valence-electron chi connectivity index (χ1n) is 9.94. The third-order valence-corrected chi connectivity index (χ3v) is 5.61. The molecule has 1 aromatic carbocycles. The summed E-state index contributed by atoms with van der Waals surface area (Å²) in [6.45, 7) is 5.61. The SMILES string of the molecule is CN(c1ccnc(N2CCOCC2)n1)C1CCN(Cc2cccc([N+](=O)[O-])c2)C1. The van der Waals surface area contributed by atoms with Crippen molar-refractivity contribution in [2.75, 3.05) is 56.2 Å². The van der Waals surface area contributed by atoms with E-state index < -0.39 is 0 Å². The molecule has 1 atom stereocenters. The molecule has 9 nitrogen and oxygen atoms in total. The number of nitrogens with zero attached hydrogens (tertiary/aromatic N) is 6. The van der Waals surface area contributed by atoms with Crippen molar-refractivity contribution in [1.82, 2.24) is 14.9 Å². The van der Waals surface area contributed by atoms with Crippen LogP contribution in [0, 0.1) is 10.1 Å². The minimum atomic E-state index is -0.342. The van der Waals surface area contributed by atoms with Gasteiger partial charge in [0.25, 0.3) is 5.69 Å². The highest BCUT2D eigenvalue weighted by Crippen LogP contribution is 2.23. The second-order valence-corrected chi connectivity index (χ2v) is 7.53. The number of rotatable bonds is 6. The Labute approximate surface area is 170 Å². The molecule has 29 heavy (non-hydrogen) atoms. The first-order chi connectivity index (χ1) is 14.1. The Morgan fingerprint density at radius 1 is 1.28 bits per heavy atom. The molecular weight excluding hydrogens is 372 g/mol. The zero-order chi connectivity index (χ0) is 20.2. The van der Waals surface area contributed by atoms with Crippen molar-refractivity contribution in [2.45, 2.75) is 19.0 Å². The molecule has 0 radical (unpaired) electrons. The third kappa shape index (κ3) is 4.63. The number of likely N-dealkylation sites (tertiary alicyclic amines) is 1. The molecule has 4 rings (SSSR count). The number of hydrogen-bond donors (Lipinski definition) is 0. The fourth-order valence-corrected chi connectivity index (χ4v) is 3.94. The van der Waals surface area contributed by atoms with Crippen molar-refractivity contribution in [3.8, 4) is 0 Å². The summed E-state index contributed by atoms with van der Waals surface area (Å²) in [6, 6.07) is 9.19. The first kappa shape index (κ1) is 19.5. The summed E-state index contributed by atoms with van der Waals surface area (Å²) in [7, 11) is 2.08. The van der Waals surface area contributed by atoms with Gasteiger partial charge in [-0.25, -0.2) is 4.98 Å². The van der Waals surface area contributed by atoms with Gasteiger partial charge in [0, 0.05) is 64.1 Å². The highest BCUT2D eigenvalue weighted by atomic mass is 16.6. The molecule has 2 aromatic rings. The van der Waals surface area contributed by atoms with E-state index in [0.717, 1.165) is 56.5 Å². The highest BCUT2D eigenvalue weighted by molar-refractivity contribution is 5.44. The van der Waals surface area contributed by atoms with Gasteiger partial charge in [-0.05, 0) is 18.1 Å². The quantitative estimate of drug-likeness (QED) is 0.539. The van der Waals surface area contributed by atoms with E-state index in [1.807, 2.05) is 18.3 Å². The summed E-state index contributed by atoms with van der Waals surface area (Å²) < 4.78 is 5.41. The Morgan fingerprint density at radius 2 is 2.10 bits per heavy atom. The monoisotopic (exact) mass is 398 g/mol. The van der Waals surface area contributed by atoms with Gasteiger partial charge in [0.1, 0.15) is 5.82 Å². The zero-order valence-electron chi connectivity index (χ0n) is 16.6. The van der Waals surface area contributed by atoms with E-state index in [0.29, 0.717) is 19.3 Å². The average molecular weight is 398 g/mol. The Morgan fingerprint density at radius 3 is 2.90 bits per heavy atom. The lowest BCUT2D eigenvalue weighted by Crippen LogP contribution is -2.38. The Kier molecular flexibility index (Phi) is 5.86. The Hall–Kier alpha value is -2.78. The summed E-state index contributed by atoms with van der Waals surface area (Å²) in [5, 5.41) is 11.0. The predicted octanol–water partition coefficient (Wildman–Crippen LogP) is 1.93. The van der Waals surface area contributed by atoms with Crippen molar-refractivity contribution in [2.24, 2.45) is 0 Å². The van der Waals surface area contributed by atoms with E-state index in [4.69, 9.17) is 9.72 Å². The van der Waals surface area contributed by atoms with Crippen LogP contribution >= 0.6 is 0 Å². The Balaban J connectivity index is 1.38. The van der Waals surface area contributed by atoms with Gasteiger partial charge >= 0.3 is 0 Å². The van der Waals surface area contributed by atoms with Crippen LogP contribution < -0.4 is 9.80 Å². The standard InChI is InChI=1S/C20H26N6O3/c1-23(19-5-7-21-20(22-19)25-9-11-29-12-10-25)18-6-8-24(15-18)14-16-3-2-4-17(13-16)26(27)28/h2-5,7,13,18H,6,8-12,14-15H2,1H3.